The van der Waals surface area contributed by atoms with Gasteiger partial charge in [-0.3, -0.25) is 0 Å². The number of thioether (sulfide) groups is 1. The predicted octanol–water partition coefficient (Wildman–Crippen LogP) is 1.12. The molecule has 17 heavy (non-hydrogen) atoms. The minimum atomic E-state index is 0.114. The van der Waals surface area contributed by atoms with E-state index >= 15 is 0 Å². The van der Waals surface area contributed by atoms with Gasteiger partial charge >= 0.3 is 0 Å². The van der Waals surface area contributed by atoms with Crippen LogP contribution < -0.4 is 10.6 Å². The number of pyridine rings is 1. The van der Waals surface area contributed by atoms with Crippen LogP contribution in [0.1, 0.15) is 12.0 Å². The van der Waals surface area contributed by atoms with Crippen molar-refractivity contribution in [1.82, 2.24) is 4.98 Å². The lowest BCUT2D eigenvalue weighted by Crippen LogP contribution is -2.32. The second kappa shape index (κ2) is 5.27. The van der Waals surface area contributed by atoms with Crippen molar-refractivity contribution < 1.29 is 5.21 Å². The number of nitrogens with two attached hydrogens (primary N) is 1. The van der Waals surface area contributed by atoms with E-state index < -0.39 is 0 Å². The molecule has 1 aliphatic rings. The summed E-state index contributed by atoms with van der Waals surface area (Å²) >= 11 is 1.96. The highest BCUT2D eigenvalue weighted by atomic mass is 32.2. The first-order valence-electron chi connectivity index (χ1n) is 5.47. The number of hydrogen-bond donors (Lipinski definition) is 2. The summed E-state index contributed by atoms with van der Waals surface area (Å²) < 4.78 is 0. The molecular formula is C11H16N4OS. The largest absolute Gasteiger partial charge is 0.409 e. The van der Waals surface area contributed by atoms with Crippen LogP contribution in [0.25, 0.3) is 0 Å². The Hall–Kier alpha value is -1.43. The molecule has 0 bridgehead atoms. The number of anilines is 1. The first kappa shape index (κ1) is 12.0. The standard InChI is InChI=1S/C11H16N4OS/c1-15(9-3-5-17-7-9)10-6-8(2-4-13-10)11(12)14-16/h2,4,6,9,16H,3,5,7H2,1H3,(H2,12,14). The number of amidine groups is 1. The van der Waals surface area contributed by atoms with Gasteiger partial charge in [0.2, 0.25) is 0 Å². The predicted molar refractivity (Wildman–Crippen MR) is 70.9 cm³/mol. The smallest absolute Gasteiger partial charge is 0.170 e. The van der Waals surface area contributed by atoms with E-state index in [1.165, 1.54) is 12.2 Å². The highest BCUT2D eigenvalue weighted by Gasteiger charge is 2.21. The zero-order valence-electron chi connectivity index (χ0n) is 9.71. The molecule has 5 nitrogen and oxygen atoms in total. The first-order valence-corrected chi connectivity index (χ1v) is 6.62. The maximum atomic E-state index is 8.65. The van der Waals surface area contributed by atoms with Crippen LogP contribution in [0.4, 0.5) is 5.82 Å². The normalized spacial score (nSPS) is 20.5. The number of hydrogen-bond acceptors (Lipinski definition) is 5. The van der Waals surface area contributed by atoms with Crippen LogP contribution >= 0.6 is 11.8 Å². The summed E-state index contributed by atoms with van der Waals surface area (Å²) in [6.07, 6.45) is 2.86. The molecule has 1 fully saturated rings. The van der Waals surface area contributed by atoms with Gasteiger partial charge < -0.3 is 15.8 Å². The second-order valence-electron chi connectivity index (χ2n) is 4.02. The Morgan fingerprint density at radius 3 is 3.18 bits per heavy atom. The number of oxime groups is 1. The Morgan fingerprint density at radius 1 is 1.71 bits per heavy atom. The van der Waals surface area contributed by atoms with Crippen LogP contribution in [-0.4, -0.2) is 40.6 Å². The molecule has 92 valence electrons. The van der Waals surface area contributed by atoms with Crippen LogP contribution in [0.5, 0.6) is 0 Å². The minimum absolute atomic E-state index is 0.114. The molecule has 1 unspecified atom stereocenters. The van der Waals surface area contributed by atoms with E-state index in [2.05, 4.69) is 15.0 Å². The van der Waals surface area contributed by atoms with Crippen molar-refractivity contribution in [1.29, 1.82) is 0 Å². The quantitative estimate of drug-likeness (QED) is 0.365. The van der Waals surface area contributed by atoms with Crippen molar-refractivity contribution in [3.8, 4) is 0 Å². The van der Waals surface area contributed by atoms with Gasteiger partial charge in [-0.15, -0.1) is 0 Å². The molecule has 1 atom stereocenters. The van der Waals surface area contributed by atoms with E-state index in [4.69, 9.17) is 10.9 Å². The van der Waals surface area contributed by atoms with E-state index in [0.29, 0.717) is 11.6 Å². The summed E-state index contributed by atoms with van der Waals surface area (Å²) in [5, 5.41) is 11.7. The molecule has 0 spiro atoms. The van der Waals surface area contributed by atoms with E-state index in [9.17, 15) is 0 Å². The molecule has 3 N–H and O–H groups in total. The fraction of sp³-hybridized carbons (Fsp3) is 0.455. The summed E-state index contributed by atoms with van der Waals surface area (Å²) in [6, 6.07) is 4.10. The molecule has 2 heterocycles. The number of nitrogens with zero attached hydrogens (tertiary/aromatic N) is 3. The van der Waals surface area contributed by atoms with Gasteiger partial charge in [0, 0.05) is 30.6 Å². The maximum absolute atomic E-state index is 8.65. The molecule has 2 rings (SSSR count). The van der Waals surface area contributed by atoms with Gasteiger partial charge in [0.1, 0.15) is 5.82 Å². The lowest BCUT2D eigenvalue weighted by Gasteiger charge is -2.25. The van der Waals surface area contributed by atoms with Gasteiger partial charge in [0.15, 0.2) is 5.84 Å². The van der Waals surface area contributed by atoms with Gasteiger partial charge in [-0.1, -0.05) is 5.16 Å². The number of rotatable bonds is 3. The average molecular weight is 252 g/mol. The lowest BCUT2D eigenvalue weighted by atomic mass is 10.2. The highest BCUT2D eigenvalue weighted by molar-refractivity contribution is 7.99. The second-order valence-corrected chi connectivity index (χ2v) is 5.17. The molecule has 1 saturated heterocycles. The van der Waals surface area contributed by atoms with E-state index in [1.54, 1.807) is 12.3 Å². The Kier molecular flexibility index (Phi) is 3.73. The van der Waals surface area contributed by atoms with Gasteiger partial charge in [0.25, 0.3) is 0 Å². The van der Waals surface area contributed by atoms with Crippen LogP contribution in [-0.2, 0) is 0 Å². The summed E-state index contributed by atoms with van der Waals surface area (Å²) in [5.41, 5.74) is 6.26. The van der Waals surface area contributed by atoms with Crippen LogP contribution in [0.15, 0.2) is 23.5 Å². The topological polar surface area (TPSA) is 74.7 Å². The summed E-state index contributed by atoms with van der Waals surface area (Å²) in [4.78, 5) is 6.49. The molecular weight excluding hydrogens is 236 g/mol. The maximum Gasteiger partial charge on any atom is 0.170 e. The Morgan fingerprint density at radius 2 is 2.53 bits per heavy atom. The lowest BCUT2D eigenvalue weighted by molar-refractivity contribution is 0.318. The summed E-state index contributed by atoms with van der Waals surface area (Å²) in [5.74, 6) is 3.31. The first-order chi connectivity index (χ1) is 8.22. The zero-order valence-corrected chi connectivity index (χ0v) is 10.5. The van der Waals surface area contributed by atoms with E-state index in [0.717, 1.165) is 11.6 Å². The van der Waals surface area contributed by atoms with Gasteiger partial charge in [-0.25, -0.2) is 4.98 Å². The monoisotopic (exact) mass is 252 g/mol. The van der Waals surface area contributed by atoms with E-state index in [1.807, 2.05) is 24.9 Å². The Labute approximate surface area is 105 Å². The van der Waals surface area contributed by atoms with Crippen LogP contribution in [0.2, 0.25) is 0 Å². The molecule has 6 heteroatoms. The minimum Gasteiger partial charge on any atom is -0.409 e. The number of aromatic nitrogens is 1. The van der Waals surface area contributed by atoms with Gasteiger partial charge in [-0.05, 0) is 24.3 Å². The average Bonchev–Trinajstić information content (AvgIpc) is 2.91. The molecule has 0 amide bonds. The third-order valence-electron chi connectivity index (χ3n) is 2.96. The summed E-state index contributed by atoms with van der Waals surface area (Å²) in [7, 11) is 2.04. The third kappa shape index (κ3) is 2.63. The summed E-state index contributed by atoms with van der Waals surface area (Å²) in [6.45, 7) is 0. The van der Waals surface area contributed by atoms with Crippen molar-refractivity contribution in [3.05, 3.63) is 23.9 Å². The SMILES string of the molecule is CN(c1cc(/C(N)=N/O)ccn1)C1CCSC1. The molecule has 0 radical (unpaired) electrons. The molecule has 0 saturated carbocycles. The van der Waals surface area contributed by atoms with Crippen LogP contribution in [0, 0.1) is 0 Å². The van der Waals surface area contributed by atoms with Crippen molar-refractivity contribution in [2.24, 2.45) is 10.9 Å². The van der Waals surface area contributed by atoms with Crippen molar-refractivity contribution in [2.45, 2.75) is 12.5 Å². The molecule has 1 aromatic rings. The Balaban J connectivity index is 2.20. The van der Waals surface area contributed by atoms with Crippen molar-refractivity contribution >= 4 is 23.4 Å². The van der Waals surface area contributed by atoms with Crippen molar-refractivity contribution in [2.75, 3.05) is 23.5 Å². The van der Waals surface area contributed by atoms with Crippen molar-refractivity contribution in [3.63, 3.8) is 0 Å². The van der Waals surface area contributed by atoms with Gasteiger partial charge in [-0.2, -0.15) is 11.8 Å². The molecule has 0 aromatic carbocycles. The Bertz CT molecular complexity index is 418. The van der Waals surface area contributed by atoms with Gasteiger partial charge in [0.05, 0.1) is 0 Å². The fourth-order valence-corrected chi connectivity index (χ4v) is 3.11. The fourth-order valence-electron chi connectivity index (χ4n) is 1.84. The third-order valence-corrected chi connectivity index (χ3v) is 4.11. The highest BCUT2D eigenvalue weighted by Crippen LogP contribution is 2.24. The molecule has 0 aliphatic carbocycles. The zero-order chi connectivity index (χ0) is 12.3. The van der Waals surface area contributed by atoms with Crippen LogP contribution in [0.3, 0.4) is 0 Å². The molecule has 1 aliphatic heterocycles. The molecule has 1 aromatic heterocycles. The van der Waals surface area contributed by atoms with E-state index in [-0.39, 0.29) is 5.84 Å².